The molecule has 2 N–H and O–H groups in total. The van der Waals surface area contributed by atoms with Gasteiger partial charge in [0.15, 0.2) is 0 Å². The van der Waals surface area contributed by atoms with Gasteiger partial charge in [-0.1, -0.05) is 6.08 Å². The summed E-state index contributed by atoms with van der Waals surface area (Å²) in [5.41, 5.74) is 7.99. The number of pyridine rings is 1. The molecule has 0 aliphatic carbocycles. The maximum atomic E-state index is 5.64. The highest BCUT2D eigenvalue weighted by Gasteiger charge is 2.14. The Bertz CT molecular complexity index is 415. The lowest BCUT2D eigenvalue weighted by atomic mass is 10.0. The number of anilines is 1. The molecule has 0 spiro atoms. The van der Waals surface area contributed by atoms with Crippen LogP contribution in [0.3, 0.4) is 0 Å². The molecule has 2 rings (SSSR count). The zero-order chi connectivity index (χ0) is 11.5. The number of nitrogens with zero attached hydrogens (tertiary/aromatic N) is 2. The van der Waals surface area contributed by atoms with Gasteiger partial charge in [-0.05, 0) is 19.0 Å². The van der Waals surface area contributed by atoms with Crippen molar-refractivity contribution in [2.45, 2.75) is 6.42 Å². The van der Waals surface area contributed by atoms with Crippen molar-refractivity contribution >= 4 is 11.4 Å². The Morgan fingerprint density at radius 2 is 2.31 bits per heavy atom. The Morgan fingerprint density at radius 1 is 1.50 bits per heavy atom. The minimum atomic E-state index is 0.495. The van der Waals surface area contributed by atoms with Gasteiger partial charge in [0, 0.05) is 30.9 Å². The van der Waals surface area contributed by atoms with Crippen molar-refractivity contribution in [1.82, 2.24) is 9.88 Å². The Morgan fingerprint density at radius 3 is 2.94 bits per heavy atom. The van der Waals surface area contributed by atoms with Gasteiger partial charge >= 0.3 is 0 Å². The number of methoxy groups -OCH3 is 1. The number of hydrogen-bond donors (Lipinski definition) is 1. The van der Waals surface area contributed by atoms with Crippen LogP contribution in [0.1, 0.15) is 12.0 Å². The van der Waals surface area contributed by atoms with Crippen LogP contribution < -0.4 is 10.5 Å². The first-order chi connectivity index (χ1) is 7.70. The first-order valence-electron chi connectivity index (χ1n) is 5.38. The average Bonchev–Trinajstić information content (AvgIpc) is 2.30. The monoisotopic (exact) mass is 219 g/mol. The molecular weight excluding hydrogens is 202 g/mol. The van der Waals surface area contributed by atoms with Gasteiger partial charge in [0.25, 0.3) is 0 Å². The van der Waals surface area contributed by atoms with E-state index in [0.29, 0.717) is 5.82 Å². The SMILES string of the molecule is COc1cc(N)ncc1C1=CCN(C)CC1. The summed E-state index contributed by atoms with van der Waals surface area (Å²) in [6, 6.07) is 1.77. The molecule has 0 amide bonds. The molecule has 0 atom stereocenters. The van der Waals surface area contributed by atoms with Crippen molar-refractivity contribution in [3.63, 3.8) is 0 Å². The van der Waals surface area contributed by atoms with E-state index in [0.717, 1.165) is 30.8 Å². The average molecular weight is 219 g/mol. The lowest BCUT2D eigenvalue weighted by molar-refractivity contribution is 0.368. The molecule has 1 aliphatic rings. The highest BCUT2D eigenvalue weighted by atomic mass is 16.5. The number of nitrogens with two attached hydrogens (primary N) is 1. The van der Waals surface area contributed by atoms with E-state index in [1.807, 2.05) is 0 Å². The summed E-state index contributed by atoms with van der Waals surface area (Å²) in [5, 5.41) is 0. The van der Waals surface area contributed by atoms with Crippen LogP contribution in [0.4, 0.5) is 5.82 Å². The van der Waals surface area contributed by atoms with Crippen molar-refractivity contribution in [2.24, 2.45) is 0 Å². The smallest absolute Gasteiger partial charge is 0.131 e. The summed E-state index contributed by atoms with van der Waals surface area (Å²) in [6.07, 6.45) is 5.04. The largest absolute Gasteiger partial charge is 0.496 e. The number of aromatic nitrogens is 1. The van der Waals surface area contributed by atoms with Crippen molar-refractivity contribution in [1.29, 1.82) is 0 Å². The van der Waals surface area contributed by atoms with E-state index >= 15 is 0 Å². The van der Waals surface area contributed by atoms with Crippen molar-refractivity contribution in [3.05, 3.63) is 23.9 Å². The fraction of sp³-hybridized carbons (Fsp3) is 0.417. The van der Waals surface area contributed by atoms with Crippen LogP contribution in [0.15, 0.2) is 18.3 Å². The van der Waals surface area contributed by atoms with Crippen LogP contribution in [-0.4, -0.2) is 37.1 Å². The summed E-state index contributed by atoms with van der Waals surface area (Å²) in [7, 11) is 3.78. The van der Waals surface area contributed by atoms with Gasteiger partial charge in [-0.25, -0.2) is 4.98 Å². The van der Waals surface area contributed by atoms with E-state index in [1.165, 1.54) is 5.57 Å². The topological polar surface area (TPSA) is 51.4 Å². The maximum absolute atomic E-state index is 5.64. The summed E-state index contributed by atoms with van der Waals surface area (Å²) >= 11 is 0. The number of ether oxygens (including phenoxy) is 1. The van der Waals surface area contributed by atoms with Crippen LogP contribution >= 0.6 is 0 Å². The Labute approximate surface area is 95.7 Å². The van der Waals surface area contributed by atoms with Gasteiger partial charge in [0.2, 0.25) is 0 Å². The van der Waals surface area contributed by atoms with Crippen molar-refractivity contribution in [3.8, 4) is 5.75 Å². The summed E-state index contributed by atoms with van der Waals surface area (Å²) in [4.78, 5) is 6.40. The third-order valence-corrected chi connectivity index (χ3v) is 2.87. The Kier molecular flexibility index (Phi) is 3.10. The van der Waals surface area contributed by atoms with Crippen LogP contribution in [0.5, 0.6) is 5.75 Å². The number of rotatable bonds is 2. The molecule has 2 heterocycles. The number of hydrogen-bond acceptors (Lipinski definition) is 4. The molecule has 0 fully saturated rings. The Balaban J connectivity index is 2.33. The molecule has 0 unspecified atom stereocenters. The second-order valence-corrected chi connectivity index (χ2v) is 4.05. The van der Waals surface area contributed by atoms with E-state index in [2.05, 4.69) is 23.0 Å². The molecule has 4 nitrogen and oxygen atoms in total. The van der Waals surface area contributed by atoms with Crippen molar-refractivity contribution in [2.75, 3.05) is 33.0 Å². The molecule has 0 saturated carbocycles. The highest BCUT2D eigenvalue weighted by molar-refractivity contribution is 5.71. The number of nitrogen functional groups attached to an aromatic ring is 1. The van der Waals surface area contributed by atoms with Crippen LogP contribution in [0.25, 0.3) is 5.57 Å². The van der Waals surface area contributed by atoms with Gasteiger partial charge in [-0.3, -0.25) is 0 Å². The van der Waals surface area contributed by atoms with E-state index in [9.17, 15) is 0 Å². The summed E-state index contributed by atoms with van der Waals surface area (Å²) in [5.74, 6) is 1.30. The molecule has 0 bridgehead atoms. The Hall–Kier alpha value is -1.55. The first-order valence-corrected chi connectivity index (χ1v) is 5.38. The molecule has 0 saturated heterocycles. The van der Waals surface area contributed by atoms with Gasteiger partial charge < -0.3 is 15.4 Å². The second kappa shape index (κ2) is 4.53. The lowest BCUT2D eigenvalue weighted by Crippen LogP contribution is -2.23. The zero-order valence-corrected chi connectivity index (χ0v) is 9.73. The number of likely N-dealkylation sites (N-methyl/N-ethyl adjacent to an activating group) is 1. The third-order valence-electron chi connectivity index (χ3n) is 2.87. The second-order valence-electron chi connectivity index (χ2n) is 4.05. The molecular formula is C12H17N3O. The minimum Gasteiger partial charge on any atom is -0.496 e. The van der Waals surface area contributed by atoms with Gasteiger partial charge in [-0.2, -0.15) is 0 Å². The maximum Gasteiger partial charge on any atom is 0.131 e. The van der Waals surface area contributed by atoms with Crippen LogP contribution in [0.2, 0.25) is 0 Å². The van der Waals surface area contributed by atoms with Gasteiger partial charge in [0.05, 0.1) is 7.11 Å². The zero-order valence-electron chi connectivity index (χ0n) is 9.73. The fourth-order valence-electron chi connectivity index (χ4n) is 1.88. The molecule has 1 aliphatic heterocycles. The summed E-state index contributed by atoms with van der Waals surface area (Å²) in [6.45, 7) is 2.04. The normalized spacial score (nSPS) is 17.0. The molecule has 4 heteroatoms. The van der Waals surface area contributed by atoms with Gasteiger partial charge in [0.1, 0.15) is 11.6 Å². The van der Waals surface area contributed by atoms with E-state index < -0.39 is 0 Å². The summed E-state index contributed by atoms with van der Waals surface area (Å²) < 4.78 is 5.33. The third kappa shape index (κ3) is 2.17. The quantitative estimate of drug-likeness (QED) is 0.816. The molecule has 1 aromatic rings. The predicted octanol–water partition coefficient (Wildman–Crippen LogP) is 1.39. The molecule has 1 aromatic heterocycles. The predicted molar refractivity (Wildman–Crippen MR) is 65.3 cm³/mol. The lowest BCUT2D eigenvalue weighted by Gasteiger charge is -2.22. The molecule has 0 radical (unpaired) electrons. The van der Waals surface area contributed by atoms with Gasteiger partial charge in [-0.15, -0.1) is 0 Å². The van der Waals surface area contributed by atoms with E-state index in [1.54, 1.807) is 19.4 Å². The minimum absolute atomic E-state index is 0.495. The van der Waals surface area contributed by atoms with E-state index in [4.69, 9.17) is 10.5 Å². The first kappa shape index (κ1) is 11.0. The van der Waals surface area contributed by atoms with Crippen LogP contribution in [-0.2, 0) is 0 Å². The molecule has 86 valence electrons. The van der Waals surface area contributed by atoms with Crippen molar-refractivity contribution < 1.29 is 4.74 Å². The highest BCUT2D eigenvalue weighted by Crippen LogP contribution is 2.30. The molecule has 0 aromatic carbocycles. The van der Waals surface area contributed by atoms with E-state index in [-0.39, 0.29) is 0 Å². The molecule has 16 heavy (non-hydrogen) atoms. The van der Waals surface area contributed by atoms with Crippen LogP contribution in [0, 0.1) is 0 Å². The standard InChI is InChI=1S/C12H17N3O/c1-15-5-3-9(4-6-15)10-8-14-12(13)7-11(10)16-2/h3,7-8H,4-6H2,1-2H3,(H2,13,14). The fourth-order valence-corrected chi connectivity index (χ4v) is 1.88.